The lowest BCUT2D eigenvalue weighted by atomic mass is 10.1. The van der Waals surface area contributed by atoms with Crippen LogP contribution in [0.4, 0.5) is 0 Å². The molecule has 3 N–H and O–H groups in total. The fourth-order valence-corrected chi connectivity index (χ4v) is 2.39. The summed E-state index contributed by atoms with van der Waals surface area (Å²) in [5.74, 6) is 0.806. The molecule has 1 aromatic carbocycles. The first-order valence-corrected chi connectivity index (χ1v) is 5.65. The van der Waals surface area contributed by atoms with Crippen molar-refractivity contribution in [3.63, 3.8) is 0 Å². The van der Waals surface area contributed by atoms with Crippen molar-refractivity contribution in [3.05, 3.63) is 35.4 Å². The molecule has 0 bridgehead atoms. The Morgan fingerprint density at radius 1 is 1.35 bits per heavy atom. The van der Waals surface area contributed by atoms with E-state index >= 15 is 0 Å². The molecule has 0 amide bonds. The third kappa shape index (κ3) is 2.23. The lowest BCUT2D eigenvalue weighted by Crippen LogP contribution is -2.39. The zero-order chi connectivity index (χ0) is 11.0. The number of nitrogens with one attached hydrogen (secondary N) is 2. The second-order valence-corrected chi connectivity index (χ2v) is 4.25. The average Bonchev–Trinajstić information content (AvgIpc) is 2.89. The van der Waals surface area contributed by atoms with Gasteiger partial charge in [-0.05, 0) is 11.1 Å². The molecule has 2 atom stereocenters. The van der Waals surface area contributed by atoms with Crippen molar-refractivity contribution in [2.75, 3.05) is 13.1 Å². The van der Waals surface area contributed by atoms with Crippen molar-refractivity contribution in [2.24, 2.45) is 4.99 Å². The number of nitrogens with zero attached hydrogens (tertiary/aromatic N) is 1. The van der Waals surface area contributed by atoms with E-state index in [0.717, 1.165) is 25.5 Å². The number of aliphatic hydroxyl groups excluding tert-OH is 1. The SMILES string of the molecule is Cl.O[C@H]1Cc2ccccc2[C@H]1NC1=NCCN1. The van der Waals surface area contributed by atoms with Crippen LogP contribution in [0.25, 0.3) is 0 Å². The number of hydrogen-bond donors (Lipinski definition) is 3. The zero-order valence-electron chi connectivity index (χ0n) is 9.39. The van der Waals surface area contributed by atoms with Gasteiger partial charge in [0.05, 0.1) is 18.7 Å². The van der Waals surface area contributed by atoms with Gasteiger partial charge in [-0.15, -0.1) is 12.4 Å². The summed E-state index contributed by atoms with van der Waals surface area (Å²) in [4.78, 5) is 4.29. The molecular formula is C12H16ClN3O. The van der Waals surface area contributed by atoms with Crippen molar-refractivity contribution in [2.45, 2.75) is 18.6 Å². The van der Waals surface area contributed by atoms with Crippen molar-refractivity contribution < 1.29 is 5.11 Å². The Morgan fingerprint density at radius 3 is 2.94 bits per heavy atom. The van der Waals surface area contributed by atoms with Crippen molar-refractivity contribution in [3.8, 4) is 0 Å². The van der Waals surface area contributed by atoms with Gasteiger partial charge in [0.25, 0.3) is 0 Å². The summed E-state index contributed by atoms with van der Waals surface area (Å²) >= 11 is 0. The second kappa shape index (κ2) is 4.94. The van der Waals surface area contributed by atoms with Crippen LogP contribution in [-0.2, 0) is 6.42 Å². The number of halogens is 1. The van der Waals surface area contributed by atoms with Crippen LogP contribution in [0.2, 0.25) is 0 Å². The largest absolute Gasteiger partial charge is 0.390 e. The average molecular weight is 254 g/mol. The Labute approximate surface area is 107 Å². The van der Waals surface area contributed by atoms with Crippen molar-refractivity contribution in [1.82, 2.24) is 10.6 Å². The van der Waals surface area contributed by atoms with Gasteiger partial charge in [0, 0.05) is 13.0 Å². The quantitative estimate of drug-likeness (QED) is 0.688. The van der Waals surface area contributed by atoms with E-state index in [2.05, 4.69) is 27.8 Å². The second-order valence-electron chi connectivity index (χ2n) is 4.25. The van der Waals surface area contributed by atoms with Gasteiger partial charge < -0.3 is 15.7 Å². The molecule has 0 aromatic heterocycles. The third-order valence-corrected chi connectivity index (χ3v) is 3.17. The van der Waals surface area contributed by atoms with E-state index in [1.807, 2.05) is 12.1 Å². The number of aliphatic imine (C=N–C) groups is 1. The molecule has 0 fully saturated rings. The molecule has 1 heterocycles. The van der Waals surface area contributed by atoms with Gasteiger partial charge in [0.15, 0.2) is 5.96 Å². The molecule has 3 rings (SSSR count). The maximum absolute atomic E-state index is 10.0. The molecule has 1 aliphatic heterocycles. The first-order valence-electron chi connectivity index (χ1n) is 5.65. The van der Waals surface area contributed by atoms with Crippen molar-refractivity contribution in [1.29, 1.82) is 0 Å². The van der Waals surface area contributed by atoms with E-state index in [1.165, 1.54) is 11.1 Å². The van der Waals surface area contributed by atoms with E-state index in [4.69, 9.17) is 0 Å². The van der Waals surface area contributed by atoms with Gasteiger partial charge in [-0.3, -0.25) is 4.99 Å². The van der Waals surface area contributed by atoms with Gasteiger partial charge in [0.1, 0.15) is 0 Å². The normalized spacial score (nSPS) is 25.6. The van der Waals surface area contributed by atoms with Gasteiger partial charge in [-0.1, -0.05) is 24.3 Å². The zero-order valence-corrected chi connectivity index (χ0v) is 10.2. The molecule has 0 saturated heterocycles. The molecule has 0 saturated carbocycles. The number of hydrogen-bond acceptors (Lipinski definition) is 4. The van der Waals surface area contributed by atoms with Gasteiger partial charge >= 0.3 is 0 Å². The highest BCUT2D eigenvalue weighted by Gasteiger charge is 2.31. The predicted molar refractivity (Wildman–Crippen MR) is 69.6 cm³/mol. The minimum Gasteiger partial charge on any atom is -0.390 e. The monoisotopic (exact) mass is 253 g/mol. The third-order valence-electron chi connectivity index (χ3n) is 3.17. The van der Waals surface area contributed by atoms with Crippen LogP contribution in [0.15, 0.2) is 29.3 Å². The smallest absolute Gasteiger partial charge is 0.191 e. The molecule has 5 heteroatoms. The first kappa shape index (κ1) is 12.2. The molecule has 0 spiro atoms. The molecular weight excluding hydrogens is 238 g/mol. The summed E-state index contributed by atoms with van der Waals surface area (Å²) in [5, 5.41) is 16.5. The van der Waals surface area contributed by atoms with Crippen LogP contribution in [0.5, 0.6) is 0 Å². The minimum absolute atomic E-state index is 0. The lowest BCUT2D eigenvalue weighted by Gasteiger charge is -2.18. The maximum Gasteiger partial charge on any atom is 0.191 e. The Balaban J connectivity index is 0.00000108. The number of fused-ring (bicyclic) bond motifs is 1. The van der Waals surface area contributed by atoms with Gasteiger partial charge in [-0.25, -0.2) is 0 Å². The van der Waals surface area contributed by atoms with Crippen LogP contribution in [0, 0.1) is 0 Å². The number of rotatable bonds is 1. The Morgan fingerprint density at radius 2 is 2.18 bits per heavy atom. The van der Waals surface area contributed by atoms with E-state index < -0.39 is 0 Å². The topological polar surface area (TPSA) is 56.6 Å². The highest BCUT2D eigenvalue weighted by Crippen LogP contribution is 2.31. The van der Waals surface area contributed by atoms with Gasteiger partial charge in [0.2, 0.25) is 0 Å². The highest BCUT2D eigenvalue weighted by atomic mass is 35.5. The number of benzene rings is 1. The van der Waals surface area contributed by atoms with Gasteiger partial charge in [-0.2, -0.15) is 0 Å². The summed E-state index contributed by atoms with van der Waals surface area (Å²) in [6.45, 7) is 1.69. The summed E-state index contributed by atoms with van der Waals surface area (Å²) in [5.41, 5.74) is 2.41. The fraction of sp³-hybridized carbons (Fsp3) is 0.417. The molecule has 2 aliphatic rings. The molecule has 0 unspecified atom stereocenters. The fourth-order valence-electron chi connectivity index (χ4n) is 2.39. The Kier molecular flexibility index (Phi) is 3.54. The van der Waals surface area contributed by atoms with Crippen LogP contribution < -0.4 is 10.6 Å². The number of aliphatic hydroxyl groups is 1. The van der Waals surface area contributed by atoms with E-state index in [9.17, 15) is 5.11 Å². The van der Waals surface area contributed by atoms with E-state index in [0.29, 0.717) is 0 Å². The molecule has 17 heavy (non-hydrogen) atoms. The highest BCUT2D eigenvalue weighted by molar-refractivity contribution is 5.85. The standard InChI is InChI=1S/C12H15N3O.ClH/c16-10-7-8-3-1-2-4-9(8)11(10)15-12-13-5-6-14-12;/h1-4,10-11,16H,5-7H2,(H2,13,14,15);1H/t10-,11+;/m0./s1. The maximum atomic E-state index is 10.0. The summed E-state index contributed by atoms with van der Waals surface area (Å²) < 4.78 is 0. The minimum atomic E-state index is -0.359. The van der Waals surface area contributed by atoms with Crippen LogP contribution in [0.1, 0.15) is 17.2 Å². The van der Waals surface area contributed by atoms with Crippen LogP contribution in [-0.4, -0.2) is 30.3 Å². The van der Waals surface area contributed by atoms with E-state index in [1.54, 1.807) is 0 Å². The summed E-state index contributed by atoms with van der Waals surface area (Å²) in [7, 11) is 0. The molecule has 1 aliphatic carbocycles. The molecule has 1 aromatic rings. The van der Waals surface area contributed by atoms with Crippen LogP contribution >= 0.6 is 12.4 Å². The van der Waals surface area contributed by atoms with Crippen LogP contribution in [0.3, 0.4) is 0 Å². The lowest BCUT2D eigenvalue weighted by molar-refractivity contribution is 0.150. The molecule has 4 nitrogen and oxygen atoms in total. The number of guanidine groups is 1. The molecule has 0 radical (unpaired) electrons. The summed E-state index contributed by atoms with van der Waals surface area (Å²) in [6.07, 6.45) is 0.365. The predicted octanol–water partition coefficient (Wildman–Crippen LogP) is 0.615. The molecule has 92 valence electrons. The Hall–Kier alpha value is -1.26. The van der Waals surface area contributed by atoms with E-state index in [-0.39, 0.29) is 24.6 Å². The first-order chi connectivity index (χ1) is 7.84. The summed E-state index contributed by atoms with van der Waals surface area (Å²) in [6, 6.07) is 8.14. The Bertz CT molecular complexity index is 436. The van der Waals surface area contributed by atoms with Crippen molar-refractivity contribution >= 4 is 18.4 Å².